The van der Waals surface area contributed by atoms with Gasteiger partial charge in [0, 0.05) is 13.2 Å². The molecular weight excluding hydrogens is 400 g/mol. The summed E-state index contributed by atoms with van der Waals surface area (Å²) in [4.78, 5) is 0. The molecule has 186 valence electrons. The lowest BCUT2D eigenvalue weighted by molar-refractivity contribution is -0.0389. The van der Waals surface area contributed by atoms with Crippen LogP contribution in [0.1, 0.15) is 109 Å². The molecule has 1 aromatic carbocycles. The van der Waals surface area contributed by atoms with Gasteiger partial charge in [-0.25, -0.2) is 0 Å². The highest BCUT2D eigenvalue weighted by Gasteiger charge is 2.11. The summed E-state index contributed by atoms with van der Waals surface area (Å²) in [5, 5.41) is 9.18. The van der Waals surface area contributed by atoms with Crippen LogP contribution in [0.5, 0.6) is 5.75 Å². The lowest BCUT2D eigenvalue weighted by Gasteiger charge is -2.19. The monoisotopic (exact) mass is 450 g/mol. The maximum absolute atomic E-state index is 9.18. The summed E-state index contributed by atoms with van der Waals surface area (Å²) in [6.07, 6.45) is 18.0. The molecule has 0 aliphatic rings. The van der Waals surface area contributed by atoms with E-state index >= 15 is 0 Å². The van der Waals surface area contributed by atoms with Gasteiger partial charge in [-0.05, 0) is 30.5 Å². The van der Waals surface area contributed by atoms with E-state index in [4.69, 9.17) is 14.2 Å². The first-order valence-electron chi connectivity index (χ1n) is 13.3. The normalized spacial score (nSPS) is 12.2. The van der Waals surface area contributed by atoms with Crippen molar-refractivity contribution in [1.82, 2.24) is 0 Å². The first kappa shape index (κ1) is 28.9. The van der Waals surface area contributed by atoms with Crippen LogP contribution in [-0.2, 0) is 16.1 Å². The summed E-state index contributed by atoms with van der Waals surface area (Å²) in [7, 11) is 0. The van der Waals surface area contributed by atoms with E-state index in [0.29, 0.717) is 13.2 Å². The van der Waals surface area contributed by atoms with E-state index in [9.17, 15) is 5.11 Å². The molecule has 0 spiro atoms. The van der Waals surface area contributed by atoms with Crippen LogP contribution in [0.2, 0.25) is 0 Å². The molecule has 1 aromatic rings. The number of hydrogen-bond donors (Lipinski definition) is 1. The Kier molecular flexibility index (Phi) is 19.6. The molecule has 0 radical (unpaired) electrons. The second kappa shape index (κ2) is 21.7. The lowest BCUT2D eigenvalue weighted by atomic mass is 10.1. The van der Waals surface area contributed by atoms with Gasteiger partial charge in [-0.2, -0.15) is 0 Å². The quantitative estimate of drug-likeness (QED) is 0.176. The van der Waals surface area contributed by atoms with E-state index in [2.05, 4.69) is 13.8 Å². The van der Waals surface area contributed by atoms with E-state index in [-0.39, 0.29) is 12.7 Å². The van der Waals surface area contributed by atoms with Crippen molar-refractivity contribution in [3.8, 4) is 5.75 Å². The van der Waals surface area contributed by atoms with Gasteiger partial charge in [-0.15, -0.1) is 0 Å². The van der Waals surface area contributed by atoms with Crippen LogP contribution in [0.4, 0.5) is 0 Å². The van der Waals surface area contributed by atoms with Crippen molar-refractivity contribution in [2.75, 3.05) is 26.4 Å². The summed E-state index contributed by atoms with van der Waals surface area (Å²) >= 11 is 0. The molecule has 0 fully saturated rings. The Morgan fingerprint density at radius 3 is 1.75 bits per heavy atom. The molecule has 1 rings (SSSR count). The minimum Gasteiger partial charge on any atom is -0.491 e. The predicted octanol–water partition coefficient (Wildman–Crippen LogP) is 7.46. The van der Waals surface area contributed by atoms with Crippen molar-refractivity contribution in [3.63, 3.8) is 0 Å². The van der Waals surface area contributed by atoms with Gasteiger partial charge in [-0.1, -0.05) is 103 Å². The van der Waals surface area contributed by atoms with Crippen LogP contribution < -0.4 is 4.74 Å². The number of ether oxygens (including phenoxy) is 3. The summed E-state index contributed by atoms with van der Waals surface area (Å²) in [5.41, 5.74) is 0.891. The summed E-state index contributed by atoms with van der Waals surface area (Å²) < 4.78 is 18.0. The van der Waals surface area contributed by atoms with Crippen LogP contribution in [0.25, 0.3) is 0 Å². The third kappa shape index (κ3) is 16.5. The van der Waals surface area contributed by atoms with Gasteiger partial charge < -0.3 is 19.3 Å². The molecule has 0 aliphatic heterocycles. The molecule has 1 atom stereocenters. The Balaban J connectivity index is 2.24. The zero-order chi connectivity index (χ0) is 23.1. The van der Waals surface area contributed by atoms with Gasteiger partial charge in [0.2, 0.25) is 0 Å². The van der Waals surface area contributed by atoms with Crippen molar-refractivity contribution in [2.24, 2.45) is 0 Å². The highest BCUT2D eigenvalue weighted by molar-refractivity contribution is 5.26. The molecule has 1 N–H and O–H groups in total. The third-order valence-electron chi connectivity index (χ3n) is 5.84. The maximum Gasteiger partial charge on any atom is 0.119 e. The average Bonchev–Trinajstić information content (AvgIpc) is 2.82. The Labute approximate surface area is 198 Å². The van der Waals surface area contributed by atoms with Gasteiger partial charge in [0.1, 0.15) is 18.5 Å². The minimum absolute atomic E-state index is 0.0443. The summed E-state index contributed by atoms with van der Waals surface area (Å²) in [5.74, 6) is 0.804. The number of aliphatic hydroxyl groups is 1. The fourth-order valence-electron chi connectivity index (χ4n) is 3.71. The second-order valence-corrected chi connectivity index (χ2v) is 8.92. The van der Waals surface area contributed by atoms with Gasteiger partial charge >= 0.3 is 0 Å². The van der Waals surface area contributed by atoms with Crippen molar-refractivity contribution >= 4 is 0 Å². The molecule has 0 amide bonds. The van der Waals surface area contributed by atoms with Gasteiger partial charge in [0.05, 0.1) is 13.2 Å². The van der Waals surface area contributed by atoms with Crippen LogP contribution >= 0.6 is 0 Å². The summed E-state index contributed by atoms with van der Waals surface area (Å²) in [6, 6.07) is 7.58. The van der Waals surface area contributed by atoms with E-state index in [1.54, 1.807) is 0 Å². The Morgan fingerprint density at radius 2 is 1.19 bits per heavy atom. The molecule has 0 bridgehead atoms. The summed E-state index contributed by atoms with van der Waals surface area (Å²) in [6.45, 7) is 7.22. The standard InChI is InChI=1S/C28H50O4/c1-3-5-7-9-11-13-15-21-30-24-28(31-22-16-14-12-10-8-6-4-2)25-32-27-19-17-26(23-29)18-20-27/h17-20,28-29H,3-16,21-25H2,1-2H3. The van der Waals surface area contributed by atoms with Crippen molar-refractivity contribution in [1.29, 1.82) is 0 Å². The number of benzene rings is 1. The fraction of sp³-hybridized carbons (Fsp3) is 0.786. The van der Waals surface area contributed by atoms with Crippen LogP contribution in [-0.4, -0.2) is 37.6 Å². The van der Waals surface area contributed by atoms with Crippen LogP contribution in [0.3, 0.4) is 0 Å². The van der Waals surface area contributed by atoms with Crippen molar-refractivity contribution in [3.05, 3.63) is 29.8 Å². The Hall–Kier alpha value is -1.10. The molecule has 0 aromatic heterocycles. The number of aliphatic hydroxyl groups excluding tert-OH is 1. The molecule has 0 saturated heterocycles. The molecule has 4 nitrogen and oxygen atoms in total. The van der Waals surface area contributed by atoms with E-state index in [0.717, 1.165) is 37.4 Å². The highest BCUT2D eigenvalue weighted by atomic mass is 16.6. The van der Waals surface area contributed by atoms with Gasteiger partial charge in [0.15, 0.2) is 0 Å². The second-order valence-electron chi connectivity index (χ2n) is 8.92. The molecule has 1 unspecified atom stereocenters. The molecular formula is C28H50O4. The van der Waals surface area contributed by atoms with Crippen LogP contribution in [0.15, 0.2) is 24.3 Å². The fourth-order valence-corrected chi connectivity index (χ4v) is 3.71. The van der Waals surface area contributed by atoms with Gasteiger partial charge in [0.25, 0.3) is 0 Å². The Morgan fingerprint density at radius 1 is 0.656 bits per heavy atom. The highest BCUT2D eigenvalue weighted by Crippen LogP contribution is 2.14. The zero-order valence-electron chi connectivity index (χ0n) is 21.0. The first-order chi connectivity index (χ1) is 15.8. The zero-order valence-corrected chi connectivity index (χ0v) is 21.0. The lowest BCUT2D eigenvalue weighted by Crippen LogP contribution is -2.28. The number of unbranched alkanes of at least 4 members (excludes halogenated alkanes) is 12. The van der Waals surface area contributed by atoms with E-state index in [1.807, 2.05) is 24.3 Å². The predicted molar refractivity (Wildman–Crippen MR) is 134 cm³/mol. The van der Waals surface area contributed by atoms with Crippen molar-refractivity contribution in [2.45, 2.75) is 116 Å². The molecule has 32 heavy (non-hydrogen) atoms. The third-order valence-corrected chi connectivity index (χ3v) is 5.84. The smallest absolute Gasteiger partial charge is 0.119 e. The molecule has 0 aliphatic carbocycles. The Bertz CT molecular complexity index is 503. The number of hydrogen-bond acceptors (Lipinski definition) is 4. The molecule has 0 heterocycles. The average molecular weight is 451 g/mol. The van der Waals surface area contributed by atoms with Crippen molar-refractivity contribution < 1.29 is 19.3 Å². The largest absolute Gasteiger partial charge is 0.491 e. The molecule has 0 saturated carbocycles. The maximum atomic E-state index is 9.18. The topological polar surface area (TPSA) is 47.9 Å². The first-order valence-corrected chi connectivity index (χ1v) is 13.3. The van der Waals surface area contributed by atoms with Crippen LogP contribution in [0, 0.1) is 0 Å². The SMILES string of the molecule is CCCCCCCCCOCC(COc1ccc(CO)cc1)OCCCCCCCCC. The minimum atomic E-state index is -0.0443. The van der Waals surface area contributed by atoms with Gasteiger partial charge in [-0.3, -0.25) is 0 Å². The van der Waals surface area contributed by atoms with E-state index in [1.165, 1.54) is 77.0 Å². The molecule has 4 heteroatoms. The number of rotatable bonds is 23. The van der Waals surface area contributed by atoms with E-state index < -0.39 is 0 Å².